The third-order valence-electron chi connectivity index (χ3n) is 4.67. The van der Waals surface area contributed by atoms with Crippen LogP contribution in [0.1, 0.15) is 43.0 Å². The van der Waals surface area contributed by atoms with Crippen molar-refractivity contribution in [1.29, 1.82) is 5.26 Å². The van der Waals surface area contributed by atoms with E-state index in [-0.39, 0.29) is 17.0 Å². The van der Waals surface area contributed by atoms with Crippen LogP contribution >= 0.6 is 23.2 Å². The topological polar surface area (TPSA) is 81.0 Å². The van der Waals surface area contributed by atoms with E-state index in [2.05, 4.69) is 6.07 Å². The summed E-state index contributed by atoms with van der Waals surface area (Å²) in [6.45, 7) is 4.49. The predicted octanol–water partition coefficient (Wildman–Crippen LogP) is 4.35. The molecule has 1 aromatic carbocycles. The lowest BCUT2D eigenvalue weighted by molar-refractivity contribution is 0.388. The second-order valence-electron chi connectivity index (χ2n) is 6.31. The maximum absolute atomic E-state index is 13.3. The van der Waals surface area contributed by atoms with Crippen molar-refractivity contribution in [2.45, 2.75) is 39.2 Å². The van der Waals surface area contributed by atoms with Gasteiger partial charge in [-0.15, -0.1) is 0 Å². The Kier molecular flexibility index (Phi) is 5.50. The van der Waals surface area contributed by atoms with Gasteiger partial charge in [-0.3, -0.25) is 4.79 Å². The van der Waals surface area contributed by atoms with Gasteiger partial charge in [0.2, 0.25) is 5.88 Å². The number of fused-ring (bicyclic) bond motifs is 1. The van der Waals surface area contributed by atoms with Gasteiger partial charge in [0.05, 0.1) is 21.5 Å². The molecule has 140 valence electrons. The Bertz CT molecular complexity index is 1030. The zero-order valence-electron chi connectivity index (χ0n) is 15.1. The second kappa shape index (κ2) is 7.67. The lowest BCUT2D eigenvalue weighted by atomic mass is 9.84. The van der Waals surface area contributed by atoms with Gasteiger partial charge in [0.1, 0.15) is 17.4 Å². The molecular formula is C20H19Cl2N3O2. The Morgan fingerprint density at radius 2 is 2.00 bits per heavy atom. The maximum atomic E-state index is 13.3. The van der Waals surface area contributed by atoms with Crippen LogP contribution in [0.4, 0.5) is 0 Å². The van der Waals surface area contributed by atoms with Crippen molar-refractivity contribution >= 4 is 23.2 Å². The summed E-state index contributed by atoms with van der Waals surface area (Å²) < 4.78 is 7.39. The van der Waals surface area contributed by atoms with Gasteiger partial charge in [0, 0.05) is 18.3 Å². The van der Waals surface area contributed by atoms with Gasteiger partial charge >= 0.3 is 0 Å². The van der Waals surface area contributed by atoms with Crippen LogP contribution in [0.5, 0.6) is 5.75 Å². The standard InChI is InChI=1S/C20H19Cl2N3O2/c1-3-5-12-9-16-18(20(26)25(12)4-2)17(13(10-23)19(24)27-16)11-6-7-14(21)15(22)8-11/h6-9,17H,3-5,24H2,1-2H3. The molecule has 1 aliphatic heterocycles. The van der Waals surface area contributed by atoms with Crippen LogP contribution in [-0.2, 0) is 13.0 Å². The molecule has 0 aliphatic carbocycles. The maximum Gasteiger partial charge on any atom is 0.258 e. The average molecular weight is 404 g/mol. The molecule has 1 aromatic heterocycles. The summed E-state index contributed by atoms with van der Waals surface area (Å²) in [7, 11) is 0. The Balaban J connectivity index is 2.32. The molecule has 2 heterocycles. The van der Waals surface area contributed by atoms with Crippen LogP contribution in [0.2, 0.25) is 10.0 Å². The van der Waals surface area contributed by atoms with Crippen LogP contribution in [0.25, 0.3) is 0 Å². The molecule has 0 radical (unpaired) electrons. The molecule has 0 fully saturated rings. The number of aromatic nitrogens is 1. The van der Waals surface area contributed by atoms with E-state index in [9.17, 15) is 10.1 Å². The third-order valence-corrected chi connectivity index (χ3v) is 5.41. The lowest BCUT2D eigenvalue weighted by Crippen LogP contribution is -2.33. The molecule has 3 rings (SSSR count). The Hall–Kier alpha value is -2.42. The summed E-state index contributed by atoms with van der Waals surface area (Å²) in [6, 6.07) is 8.97. The molecule has 0 amide bonds. The molecule has 0 spiro atoms. The molecule has 2 N–H and O–H groups in total. The molecule has 1 atom stereocenters. The first kappa shape index (κ1) is 19.3. The summed E-state index contributed by atoms with van der Waals surface area (Å²) in [5.41, 5.74) is 7.94. The third kappa shape index (κ3) is 3.31. The number of pyridine rings is 1. The quantitative estimate of drug-likeness (QED) is 0.822. The fraction of sp³-hybridized carbons (Fsp3) is 0.300. The number of ether oxygens (including phenoxy) is 1. The van der Waals surface area contributed by atoms with E-state index in [0.717, 1.165) is 18.5 Å². The number of allylic oxidation sites excluding steroid dienone is 1. The number of aryl methyl sites for hydroxylation is 1. The summed E-state index contributed by atoms with van der Waals surface area (Å²) in [5.74, 6) is -0.271. The van der Waals surface area contributed by atoms with Crippen molar-refractivity contribution in [3.8, 4) is 11.8 Å². The molecule has 1 unspecified atom stereocenters. The fourth-order valence-corrected chi connectivity index (χ4v) is 3.76. The predicted molar refractivity (Wildman–Crippen MR) is 106 cm³/mol. The van der Waals surface area contributed by atoms with Gasteiger partial charge < -0.3 is 15.0 Å². The van der Waals surface area contributed by atoms with Gasteiger partial charge in [-0.25, -0.2) is 0 Å². The van der Waals surface area contributed by atoms with Crippen LogP contribution in [0.3, 0.4) is 0 Å². The monoisotopic (exact) mass is 403 g/mol. The first-order valence-corrected chi connectivity index (χ1v) is 9.47. The Labute approximate surface area is 167 Å². The molecular weight excluding hydrogens is 385 g/mol. The van der Waals surface area contributed by atoms with Crippen molar-refractivity contribution in [2.75, 3.05) is 0 Å². The molecule has 7 heteroatoms. The highest BCUT2D eigenvalue weighted by molar-refractivity contribution is 6.42. The van der Waals surface area contributed by atoms with E-state index in [1.54, 1.807) is 22.8 Å². The highest BCUT2D eigenvalue weighted by Gasteiger charge is 2.34. The normalized spacial score (nSPS) is 15.9. The van der Waals surface area contributed by atoms with E-state index in [0.29, 0.717) is 33.5 Å². The zero-order valence-corrected chi connectivity index (χ0v) is 16.6. The average Bonchev–Trinajstić information content (AvgIpc) is 2.63. The Morgan fingerprint density at radius 3 is 2.59 bits per heavy atom. The van der Waals surface area contributed by atoms with Crippen LogP contribution < -0.4 is 16.0 Å². The van der Waals surface area contributed by atoms with Gasteiger partial charge in [-0.2, -0.15) is 5.26 Å². The minimum absolute atomic E-state index is 0.00262. The first-order chi connectivity index (χ1) is 12.9. The van der Waals surface area contributed by atoms with Gasteiger partial charge in [-0.05, 0) is 31.0 Å². The molecule has 5 nitrogen and oxygen atoms in total. The Morgan fingerprint density at radius 1 is 1.26 bits per heavy atom. The summed E-state index contributed by atoms with van der Waals surface area (Å²) >= 11 is 12.2. The van der Waals surface area contributed by atoms with Gasteiger partial charge in [0.15, 0.2) is 0 Å². The van der Waals surface area contributed by atoms with Crippen molar-refractivity contribution in [3.63, 3.8) is 0 Å². The van der Waals surface area contributed by atoms with E-state index in [4.69, 9.17) is 33.7 Å². The number of hydrogen-bond acceptors (Lipinski definition) is 4. The summed E-state index contributed by atoms with van der Waals surface area (Å²) in [5, 5.41) is 10.4. The summed E-state index contributed by atoms with van der Waals surface area (Å²) in [4.78, 5) is 13.3. The number of rotatable bonds is 4. The van der Waals surface area contributed by atoms with Crippen LogP contribution in [0, 0.1) is 11.3 Å². The van der Waals surface area contributed by atoms with Crippen molar-refractivity contribution in [3.05, 3.63) is 72.9 Å². The first-order valence-electron chi connectivity index (χ1n) is 8.72. The van der Waals surface area contributed by atoms with Gasteiger partial charge in [0.25, 0.3) is 5.56 Å². The highest BCUT2D eigenvalue weighted by atomic mass is 35.5. The van der Waals surface area contributed by atoms with E-state index >= 15 is 0 Å². The smallest absolute Gasteiger partial charge is 0.258 e. The van der Waals surface area contributed by atoms with E-state index in [1.165, 1.54) is 0 Å². The largest absolute Gasteiger partial charge is 0.440 e. The molecule has 0 saturated heterocycles. The van der Waals surface area contributed by atoms with E-state index in [1.807, 2.05) is 19.9 Å². The summed E-state index contributed by atoms with van der Waals surface area (Å²) in [6.07, 6.45) is 1.63. The number of nitriles is 1. The molecule has 2 aromatic rings. The molecule has 0 bridgehead atoms. The van der Waals surface area contributed by atoms with Crippen LogP contribution in [0.15, 0.2) is 40.5 Å². The van der Waals surface area contributed by atoms with Crippen molar-refractivity contribution in [2.24, 2.45) is 5.73 Å². The highest BCUT2D eigenvalue weighted by Crippen LogP contribution is 2.41. The lowest BCUT2D eigenvalue weighted by Gasteiger charge is -2.27. The number of benzene rings is 1. The van der Waals surface area contributed by atoms with Gasteiger partial charge in [-0.1, -0.05) is 42.6 Å². The number of nitrogens with two attached hydrogens (primary N) is 1. The van der Waals surface area contributed by atoms with Crippen molar-refractivity contribution < 1.29 is 4.74 Å². The SMILES string of the molecule is CCCc1cc2c(c(=O)n1CC)C(c1ccc(Cl)c(Cl)c1)C(C#N)=C(N)O2. The number of hydrogen-bond donors (Lipinski definition) is 1. The van der Waals surface area contributed by atoms with Crippen molar-refractivity contribution in [1.82, 2.24) is 4.57 Å². The fourth-order valence-electron chi connectivity index (χ4n) is 3.45. The zero-order chi connectivity index (χ0) is 19.7. The molecule has 0 saturated carbocycles. The number of halogens is 2. The minimum atomic E-state index is -0.658. The second-order valence-corrected chi connectivity index (χ2v) is 7.13. The van der Waals surface area contributed by atoms with E-state index < -0.39 is 5.92 Å². The minimum Gasteiger partial charge on any atom is -0.440 e. The number of nitrogens with zero attached hydrogens (tertiary/aromatic N) is 2. The molecule has 27 heavy (non-hydrogen) atoms. The van der Waals surface area contributed by atoms with Crippen LogP contribution in [-0.4, -0.2) is 4.57 Å². The molecule has 1 aliphatic rings.